The minimum absolute atomic E-state index is 0.152. The summed E-state index contributed by atoms with van der Waals surface area (Å²) in [5, 5.41) is 10.2. The second-order valence-electron chi connectivity index (χ2n) is 7.70. The van der Waals surface area contributed by atoms with Crippen molar-refractivity contribution in [1.82, 2.24) is 19.3 Å². The predicted molar refractivity (Wildman–Crippen MR) is 123 cm³/mol. The lowest BCUT2D eigenvalue weighted by Crippen LogP contribution is -2.19. The third-order valence-electron chi connectivity index (χ3n) is 4.83. The Morgan fingerprint density at radius 1 is 1.00 bits per heavy atom. The first-order valence-corrected chi connectivity index (χ1v) is 10.3. The molecule has 2 N–H and O–H groups in total. The molecule has 0 atom stereocenters. The Morgan fingerprint density at radius 3 is 2.53 bits per heavy atom. The first kappa shape index (κ1) is 21.0. The lowest BCUT2D eigenvalue weighted by atomic mass is 10.2. The largest absolute Gasteiger partial charge is 0.333 e. The zero-order chi connectivity index (χ0) is 22.5. The van der Waals surface area contributed by atoms with Gasteiger partial charge in [0.2, 0.25) is 5.91 Å². The Labute approximate surface area is 185 Å². The van der Waals surface area contributed by atoms with Gasteiger partial charge < -0.3 is 15.2 Å². The SMILES string of the molecule is CC(C)C(=O)Nc1cc(C(=O)Nc2cccc(Cn3ccnc3)c2)nn1-c1ccccc1. The average Bonchev–Trinajstić information content (AvgIpc) is 3.44. The third-order valence-corrected chi connectivity index (χ3v) is 4.83. The fourth-order valence-corrected chi connectivity index (χ4v) is 3.15. The molecule has 0 radical (unpaired) electrons. The Kier molecular flexibility index (Phi) is 6.12. The number of imidazole rings is 1. The predicted octanol–water partition coefficient (Wildman–Crippen LogP) is 3.96. The van der Waals surface area contributed by atoms with Crippen molar-refractivity contribution in [1.29, 1.82) is 0 Å². The number of aromatic nitrogens is 4. The Bertz CT molecular complexity index is 1210. The van der Waals surface area contributed by atoms with Crippen LogP contribution in [0.5, 0.6) is 0 Å². The molecule has 2 aromatic heterocycles. The molecule has 0 aliphatic carbocycles. The van der Waals surface area contributed by atoms with Gasteiger partial charge in [-0.3, -0.25) is 9.59 Å². The number of rotatable bonds is 7. The van der Waals surface area contributed by atoms with Crippen molar-refractivity contribution in [3.63, 3.8) is 0 Å². The third kappa shape index (κ3) is 4.92. The van der Waals surface area contributed by atoms with Gasteiger partial charge in [0.1, 0.15) is 5.82 Å². The zero-order valence-electron chi connectivity index (χ0n) is 17.9. The minimum Gasteiger partial charge on any atom is -0.333 e. The number of benzene rings is 2. The second kappa shape index (κ2) is 9.30. The quantitative estimate of drug-likeness (QED) is 0.466. The maximum absolute atomic E-state index is 12.9. The molecule has 32 heavy (non-hydrogen) atoms. The van der Waals surface area contributed by atoms with Crippen molar-refractivity contribution in [2.24, 2.45) is 5.92 Å². The number of nitrogens with one attached hydrogen (secondary N) is 2. The van der Waals surface area contributed by atoms with Crippen LogP contribution < -0.4 is 10.6 Å². The van der Waals surface area contributed by atoms with E-state index in [1.807, 2.05) is 79.2 Å². The molecule has 0 aliphatic heterocycles. The van der Waals surface area contributed by atoms with Crippen LogP contribution in [0.25, 0.3) is 5.69 Å². The van der Waals surface area contributed by atoms with Gasteiger partial charge in [0, 0.05) is 36.6 Å². The van der Waals surface area contributed by atoms with E-state index in [9.17, 15) is 9.59 Å². The maximum atomic E-state index is 12.9. The van der Waals surface area contributed by atoms with Gasteiger partial charge in [-0.1, -0.05) is 44.2 Å². The summed E-state index contributed by atoms with van der Waals surface area (Å²) in [6.07, 6.45) is 5.35. The summed E-state index contributed by atoms with van der Waals surface area (Å²) in [7, 11) is 0. The number of amides is 2. The van der Waals surface area contributed by atoms with Crippen molar-refractivity contribution >= 4 is 23.3 Å². The highest BCUT2D eigenvalue weighted by molar-refractivity contribution is 6.04. The number of anilines is 2. The summed E-state index contributed by atoms with van der Waals surface area (Å²) in [6, 6.07) is 18.5. The van der Waals surface area contributed by atoms with Gasteiger partial charge >= 0.3 is 0 Å². The van der Waals surface area contributed by atoms with Crippen molar-refractivity contribution < 1.29 is 9.59 Å². The average molecular weight is 428 g/mol. The molecule has 2 heterocycles. The van der Waals surface area contributed by atoms with Crippen LogP contribution in [-0.2, 0) is 11.3 Å². The van der Waals surface area contributed by atoms with Crippen LogP contribution >= 0.6 is 0 Å². The van der Waals surface area contributed by atoms with Gasteiger partial charge in [-0.05, 0) is 29.8 Å². The summed E-state index contributed by atoms with van der Waals surface area (Å²) < 4.78 is 3.51. The maximum Gasteiger partial charge on any atom is 0.276 e. The number of hydrogen-bond acceptors (Lipinski definition) is 4. The van der Waals surface area contributed by atoms with E-state index in [1.54, 1.807) is 23.3 Å². The molecular formula is C24H24N6O2. The first-order valence-electron chi connectivity index (χ1n) is 10.3. The summed E-state index contributed by atoms with van der Waals surface area (Å²) in [5.74, 6) is -0.278. The standard InChI is InChI=1S/C24H24N6O2/c1-17(2)23(31)27-22-14-21(28-30(22)20-9-4-3-5-10-20)24(32)26-19-8-6-7-18(13-19)15-29-12-11-25-16-29/h3-14,16-17H,15H2,1-2H3,(H,26,32)(H,27,31). The van der Waals surface area contributed by atoms with E-state index < -0.39 is 0 Å². The smallest absolute Gasteiger partial charge is 0.276 e. The molecule has 0 unspecified atom stereocenters. The van der Waals surface area contributed by atoms with Gasteiger partial charge in [-0.25, -0.2) is 9.67 Å². The molecule has 0 saturated carbocycles. The fraction of sp³-hybridized carbons (Fsp3) is 0.167. The molecular weight excluding hydrogens is 404 g/mol. The first-order chi connectivity index (χ1) is 15.5. The molecule has 4 rings (SSSR count). The highest BCUT2D eigenvalue weighted by Gasteiger charge is 2.18. The number of hydrogen-bond donors (Lipinski definition) is 2. The molecule has 2 amide bonds. The number of para-hydroxylation sites is 1. The van der Waals surface area contributed by atoms with Gasteiger partial charge in [-0.2, -0.15) is 5.10 Å². The summed E-state index contributed by atoms with van der Waals surface area (Å²) >= 11 is 0. The van der Waals surface area contributed by atoms with E-state index in [0.717, 1.165) is 11.3 Å². The lowest BCUT2D eigenvalue weighted by Gasteiger charge is -2.10. The van der Waals surface area contributed by atoms with Crippen LogP contribution in [0.3, 0.4) is 0 Å². The molecule has 0 fully saturated rings. The molecule has 0 spiro atoms. The van der Waals surface area contributed by atoms with Crippen LogP contribution in [0, 0.1) is 5.92 Å². The fourth-order valence-electron chi connectivity index (χ4n) is 3.15. The van der Waals surface area contributed by atoms with Crippen LogP contribution in [0.1, 0.15) is 29.9 Å². The number of carbonyl (C=O) groups excluding carboxylic acids is 2. The normalized spacial score (nSPS) is 10.8. The van der Waals surface area contributed by atoms with Gasteiger partial charge in [-0.15, -0.1) is 0 Å². The van der Waals surface area contributed by atoms with Crippen LogP contribution in [0.15, 0.2) is 79.4 Å². The Balaban J connectivity index is 1.57. The minimum atomic E-state index is -0.362. The monoisotopic (exact) mass is 428 g/mol. The van der Waals surface area contributed by atoms with Crippen molar-refractivity contribution in [2.45, 2.75) is 20.4 Å². The van der Waals surface area contributed by atoms with E-state index in [1.165, 1.54) is 0 Å². The molecule has 0 bridgehead atoms. The topological polar surface area (TPSA) is 93.8 Å². The number of nitrogens with zero attached hydrogens (tertiary/aromatic N) is 4. The van der Waals surface area contributed by atoms with E-state index in [4.69, 9.17) is 0 Å². The molecule has 8 nitrogen and oxygen atoms in total. The van der Waals surface area contributed by atoms with E-state index in [0.29, 0.717) is 18.1 Å². The number of carbonyl (C=O) groups is 2. The lowest BCUT2D eigenvalue weighted by molar-refractivity contribution is -0.118. The van der Waals surface area contributed by atoms with Gasteiger partial charge in [0.25, 0.3) is 5.91 Å². The molecule has 0 aliphatic rings. The Hall–Kier alpha value is -4.20. The molecule has 162 valence electrons. The molecule has 8 heteroatoms. The highest BCUT2D eigenvalue weighted by atomic mass is 16.2. The molecule has 2 aromatic carbocycles. The molecule has 0 saturated heterocycles. The van der Waals surface area contributed by atoms with Crippen LogP contribution in [-0.4, -0.2) is 31.1 Å². The van der Waals surface area contributed by atoms with E-state index >= 15 is 0 Å². The van der Waals surface area contributed by atoms with Gasteiger partial charge in [0.05, 0.1) is 12.0 Å². The van der Waals surface area contributed by atoms with Crippen molar-refractivity contribution in [3.8, 4) is 5.69 Å². The van der Waals surface area contributed by atoms with Crippen molar-refractivity contribution in [2.75, 3.05) is 10.6 Å². The molecule has 4 aromatic rings. The summed E-state index contributed by atoms with van der Waals surface area (Å²) in [6.45, 7) is 4.27. The summed E-state index contributed by atoms with van der Waals surface area (Å²) in [4.78, 5) is 29.3. The van der Waals surface area contributed by atoms with Crippen molar-refractivity contribution in [3.05, 3.63) is 90.6 Å². The highest BCUT2D eigenvalue weighted by Crippen LogP contribution is 2.20. The van der Waals surface area contributed by atoms with E-state index in [-0.39, 0.29) is 23.4 Å². The van der Waals surface area contributed by atoms with Crippen LogP contribution in [0.4, 0.5) is 11.5 Å². The van der Waals surface area contributed by atoms with Gasteiger partial charge in [0.15, 0.2) is 5.69 Å². The summed E-state index contributed by atoms with van der Waals surface area (Å²) in [5.41, 5.74) is 2.64. The second-order valence-corrected chi connectivity index (χ2v) is 7.70. The zero-order valence-corrected chi connectivity index (χ0v) is 17.9. The Morgan fingerprint density at radius 2 is 1.81 bits per heavy atom. The van der Waals surface area contributed by atoms with E-state index in [2.05, 4.69) is 20.7 Å². The van der Waals surface area contributed by atoms with Crippen LogP contribution in [0.2, 0.25) is 0 Å².